The average molecular weight is 728 g/mol. The van der Waals surface area contributed by atoms with Crippen LogP contribution in [-0.2, 0) is 33.7 Å². The van der Waals surface area contributed by atoms with Gasteiger partial charge in [-0.25, -0.2) is 19.2 Å². The second kappa shape index (κ2) is 17.6. The van der Waals surface area contributed by atoms with E-state index in [0.717, 1.165) is 60.2 Å². The number of benzene rings is 3. The molecule has 2 heterocycles. The third kappa shape index (κ3) is 9.35. The van der Waals surface area contributed by atoms with Gasteiger partial charge in [-0.15, -0.1) is 0 Å². The van der Waals surface area contributed by atoms with Gasteiger partial charge in [0.1, 0.15) is 29.4 Å². The van der Waals surface area contributed by atoms with Crippen LogP contribution in [0.4, 0.5) is 4.39 Å². The molecule has 1 unspecified atom stereocenters. The number of nitrogens with zero attached hydrogens (tertiary/aromatic N) is 3. The largest absolute Gasteiger partial charge is 0.489 e. The van der Waals surface area contributed by atoms with Gasteiger partial charge in [0.05, 0.1) is 13.2 Å². The normalized spacial score (nSPS) is 14.0. The van der Waals surface area contributed by atoms with Gasteiger partial charge in [0.2, 0.25) is 5.89 Å². The van der Waals surface area contributed by atoms with E-state index in [1.807, 2.05) is 30.3 Å². The molecule has 1 atom stereocenters. The van der Waals surface area contributed by atoms with Gasteiger partial charge in [0.25, 0.3) is 0 Å². The Morgan fingerprint density at radius 1 is 0.942 bits per heavy atom. The van der Waals surface area contributed by atoms with Crippen LogP contribution < -0.4 is 4.74 Å². The Kier molecular flexibility index (Phi) is 12.5. The maximum Gasteiger partial charge on any atom is 0.356 e. The highest BCUT2D eigenvalue weighted by Crippen LogP contribution is 2.35. The third-order valence-electron chi connectivity index (χ3n) is 9.20. The molecule has 9 nitrogen and oxygen atoms in total. The molecule has 0 fully saturated rings. The number of esters is 2. The maximum absolute atomic E-state index is 14.7. The van der Waals surface area contributed by atoms with Crippen molar-refractivity contribution in [2.24, 2.45) is 0 Å². The highest BCUT2D eigenvalue weighted by Gasteiger charge is 2.28. The zero-order valence-electron chi connectivity index (χ0n) is 29.5. The minimum Gasteiger partial charge on any atom is -0.489 e. The zero-order valence-corrected chi connectivity index (χ0v) is 30.3. The van der Waals surface area contributed by atoms with Crippen molar-refractivity contribution in [2.75, 3.05) is 26.3 Å². The van der Waals surface area contributed by atoms with E-state index in [9.17, 15) is 14.0 Å². The number of carbonyl (C=O) groups is 2. The van der Waals surface area contributed by atoms with Gasteiger partial charge in [-0.2, -0.15) is 0 Å². The lowest BCUT2D eigenvalue weighted by atomic mass is 9.89. The van der Waals surface area contributed by atoms with Gasteiger partial charge in [-0.1, -0.05) is 29.8 Å². The summed E-state index contributed by atoms with van der Waals surface area (Å²) in [4.78, 5) is 36.1. The van der Waals surface area contributed by atoms with Gasteiger partial charge in [-0.3, -0.25) is 9.69 Å². The van der Waals surface area contributed by atoms with Crippen molar-refractivity contribution in [1.82, 2.24) is 14.9 Å². The number of fused-ring (bicyclic) bond motifs is 2. The molecule has 0 saturated heterocycles. The molecule has 0 radical (unpaired) electrons. The molecule has 0 saturated carbocycles. The second-order valence-electron chi connectivity index (χ2n) is 12.8. The number of aryl methyl sites for hydroxylation is 1. The molecule has 0 N–H and O–H groups in total. The topological polar surface area (TPSA) is 104 Å². The number of oxazole rings is 1. The van der Waals surface area contributed by atoms with Gasteiger partial charge in [-0.05, 0) is 130 Å². The molecule has 6 rings (SSSR count). The zero-order chi connectivity index (χ0) is 36.5. The predicted molar refractivity (Wildman–Crippen MR) is 197 cm³/mol. The first-order chi connectivity index (χ1) is 25.3. The maximum atomic E-state index is 14.7. The summed E-state index contributed by atoms with van der Waals surface area (Å²) in [6, 6.07) is 21.6. The molecule has 1 aliphatic rings. The van der Waals surface area contributed by atoms with Crippen molar-refractivity contribution in [3.8, 4) is 17.2 Å². The molecule has 3 aromatic carbocycles. The van der Waals surface area contributed by atoms with Gasteiger partial charge in [0.15, 0.2) is 5.58 Å². The molecule has 52 heavy (non-hydrogen) atoms. The van der Waals surface area contributed by atoms with Crippen LogP contribution in [0.25, 0.3) is 22.6 Å². The molecule has 11 heteroatoms. The highest BCUT2D eigenvalue weighted by atomic mass is 35.5. The molecule has 2 aromatic heterocycles. The molecule has 0 spiro atoms. The Bertz CT molecular complexity index is 2000. The first-order valence-electron chi connectivity index (χ1n) is 17.9. The van der Waals surface area contributed by atoms with Crippen LogP contribution in [0.1, 0.15) is 84.9 Å². The standard InChI is InChI=1S/C41H43ClFN3O6/c1-3-49-39(47)10-5-6-22-46(36-9-7-8-33-32(36)17-18-34(44-33)41(48)50-4-2)23-21-29-24-31(43)16-20-37(29)51-26-27-11-13-28(14-12-27)40-45-35-25-30(42)15-19-38(35)52-40/h11-20,24-25,36H,3-10,21-23,26H2,1-2H3. The van der Waals surface area contributed by atoms with E-state index in [2.05, 4.69) is 9.88 Å². The molecule has 0 amide bonds. The molecular weight excluding hydrogens is 685 g/mol. The summed E-state index contributed by atoms with van der Waals surface area (Å²) in [6.07, 6.45) is 5.02. The fourth-order valence-corrected chi connectivity index (χ4v) is 6.82. The Balaban J connectivity index is 1.15. The van der Waals surface area contributed by atoms with E-state index in [4.69, 9.17) is 35.2 Å². The first-order valence-corrected chi connectivity index (χ1v) is 18.3. The van der Waals surface area contributed by atoms with Crippen molar-refractivity contribution in [3.05, 3.63) is 112 Å². The molecule has 272 valence electrons. The number of hydrogen-bond acceptors (Lipinski definition) is 9. The highest BCUT2D eigenvalue weighted by molar-refractivity contribution is 6.31. The minimum atomic E-state index is -0.424. The Labute approximate surface area is 308 Å². The summed E-state index contributed by atoms with van der Waals surface area (Å²) in [5.41, 5.74) is 6.21. The van der Waals surface area contributed by atoms with E-state index in [1.165, 1.54) is 6.07 Å². The lowest BCUT2D eigenvalue weighted by Crippen LogP contribution is -2.34. The number of aromatic nitrogens is 2. The molecule has 0 aliphatic heterocycles. The van der Waals surface area contributed by atoms with Crippen LogP contribution in [0.15, 0.2) is 77.2 Å². The lowest BCUT2D eigenvalue weighted by molar-refractivity contribution is -0.143. The molecular formula is C41H43ClFN3O6. The molecule has 0 bridgehead atoms. The van der Waals surface area contributed by atoms with E-state index in [-0.39, 0.29) is 24.4 Å². The number of ether oxygens (including phenoxy) is 3. The lowest BCUT2D eigenvalue weighted by Gasteiger charge is -2.36. The van der Waals surface area contributed by atoms with Crippen LogP contribution in [-0.4, -0.2) is 53.1 Å². The number of carbonyl (C=O) groups excluding carboxylic acids is 2. The number of rotatable bonds is 16. The van der Waals surface area contributed by atoms with E-state index in [0.29, 0.717) is 72.5 Å². The number of hydrogen-bond donors (Lipinski definition) is 0. The summed E-state index contributed by atoms with van der Waals surface area (Å²) < 4.78 is 37.2. The van der Waals surface area contributed by atoms with Gasteiger partial charge in [0, 0.05) is 35.3 Å². The summed E-state index contributed by atoms with van der Waals surface area (Å²) in [5, 5.41) is 0.598. The van der Waals surface area contributed by atoms with Crippen molar-refractivity contribution in [1.29, 1.82) is 0 Å². The molecule has 1 aliphatic carbocycles. The predicted octanol–water partition coefficient (Wildman–Crippen LogP) is 9.09. The van der Waals surface area contributed by atoms with E-state index < -0.39 is 5.97 Å². The summed E-state index contributed by atoms with van der Waals surface area (Å²) in [6.45, 7) is 5.89. The summed E-state index contributed by atoms with van der Waals surface area (Å²) >= 11 is 6.11. The van der Waals surface area contributed by atoms with Crippen LogP contribution in [0, 0.1) is 5.82 Å². The monoisotopic (exact) mass is 727 g/mol. The Morgan fingerprint density at radius 2 is 1.77 bits per heavy atom. The van der Waals surface area contributed by atoms with Crippen molar-refractivity contribution < 1.29 is 32.6 Å². The van der Waals surface area contributed by atoms with Crippen LogP contribution >= 0.6 is 11.6 Å². The minimum absolute atomic E-state index is 0.0600. The first kappa shape index (κ1) is 37.0. The smallest absolute Gasteiger partial charge is 0.356 e. The number of halogens is 2. The third-order valence-corrected chi connectivity index (χ3v) is 9.44. The van der Waals surface area contributed by atoms with E-state index in [1.54, 1.807) is 50.2 Å². The summed E-state index contributed by atoms with van der Waals surface area (Å²) in [5.74, 6) is 0.179. The average Bonchev–Trinajstić information content (AvgIpc) is 3.57. The fraction of sp³-hybridized carbons (Fsp3) is 0.366. The fourth-order valence-electron chi connectivity index (χ4n) is 6.65. The Morgan fingerprint density at radius 3 is 2.58 bits per heavy atom. The van der Waals surface area contributed by atoms with Crippen molar-refractivity contribution in [2.45, 2.75) is 71.4 Å². The quantitative estimate of drug-likeness (QED) is 0.0727. The second-order valence-corrected chi connectivity index (χ2v) is 13.2. The van der Waals surface area contributed by atoms with Crippen LogP contribution in [0.5, 0.6) is 5.75 Å². The molecule has 5 aromatic rings. The van der Waals surface area contributed by atoms with Gasteiger partial charge < -0.3 is 18.6 Å². The SMILES string of the molecule is CCOC(=O)CCCCN(CCc1cc(F)ccc1OCc1ccc(-c2nc3cc(Cl)ccc3o2)cc1)C1CCCc2nc(C(=O)OCC)ccc21. The summed E-state index contributed by atoms with van der Waals surface area (Å²) in [7, 11) is 0. The van der Waals surface area contributed by atoms with Crippen LogP contribution in [0.3, 0.4) is 0 Å². The number of unbranched alkanes of at least 4 members (excludes halogenated alkanes) is 1. The Hall–Kier alpha value is -4.80. The van der Waals surface area contributed by atoms with Crippen molar-refractivity contribution in [3.63, 3.8) is 0 Å². The van der Waals surface area contributed by atoms with Crippen LogP contribution in [0.2, 0.25) is 5.02 Å². The number of pyridine rings is 1. The van der Waals surface area contributed by atoms with Crippen molar-refractivity contribution >= 4 is 34.6 Å². The van der Waals surface area contributed by atoms with E-state index >= 15 is 0 Å². The van der Waals surface area contributed by atoms with Gasteiger partial charge >= 0.3 is 11.9 Å².